The Bertz CT molecular complexity index is 581. The predicted molar refractivity (Wildman–Crippen MR) is 79.0 cm³/mol. The summed E-state index contributed by atoms with van der Waals surface area (Å²) in [7, 11) is 0. The number of nitrogens with one attached hydrogen (secondary N) is 1. The molecule has 2 aromatic carbocycles. The third kappa shape index (κ3) is 3.18. The van der Waals surface area contributed by atoms with Crippen LogP contribution in [0.1, 0.15) is 24.1 Å². The fourth-order valence-corrected chi connectivity index (χ4v) is 2.09. The number of halogens is 2. The number of nitrogen functional groups attached to an aromatic ring is 1. The van der Waals surface area contributed by atoms with E-state index in [0.717, 1.165) is 16.8 Å². The molecule has 0 amide bonds. The van der Waals surface area contributed by atoms with Crippen molar-refractivity contribution in [3.8, 4) is 0 Å². The van der Waals surface area contributed by atoms with E-state index in [0.29, 0.717) is 10.7 Å². The zero-order chi connectivity index (χ0) is 14.0. The van der Waals surface area contributed by atoms with Gasteiger partial charge < -0.3 is 11.1 Å². The number of aryl methyl sites for hydroxylation is 1. The second-order valence-corrected chi connectivity index (χ2v) is 5.01. The van der Waals surface area contributed by atoms with Crippen LogP contribution in [0.4, 0.5) is 15.8 Å². The van der Waals surface area contributed by atoms with E-state index in [1.54, 1.807) is 12.1 Å². The van der Waals surface area contributed by atoms with Gasteiger partial charge in [0, 0.05) is 11.7 Å². The van der Waals surface area contributed by atoms with E-state index in [1.165, 1.54) is 12.1 Å². The summed E-state index contributed by atoms with van der Waals surface area (Å²) in [6.07, 6.45) is 0. The van der Waals surface area contributed by atoms with Gasteiger partial charge in [-0.1, -0.05) is 23.7 Å². The zero-order valence-corrected chi connectivity index (χ0v) is 11.6. The van der Waals surface area contributed by atoms with Gasteiger partial charge in [-0.15, -0.1) is 0 Å². The molecule has 0 spiro atoms. The van der Waals surface area contributed by atoms with Crippen LogP contribution in [0.2, 0.25) is 5.02 Å². The van der Waals surface area contributed by atoms with Crippen molar-refractivity contribution in [1.29, 1.82) is 0 Å². The summed E-state index contributed by atoms with van der Waals surface area (Å²) in [6.45, 7) is 3.98. The lowest BCUT2D eigenvalue weighted by atomic mass is 10.1. The Hall–Kier alpha value is -1.74. The third-order valence-electron chi connectivity index (χ3n) is 3.09. The van der Waals surface area contributed by atoms with Crippen molar-refractivity contribution < 1.29 is 4.39 Å². The summed E-state index contributed by atoms with van der Waals surface area (Å²) in [5.41, 5.74) is 9.27. The number of benzene rings is 2. The van der Waals surface area contributed by atoms with Crippen LogP contribution in [-0.2, 0) is 0 Å². The maximum absolute atomic E-state index is 12.9. The molecule has 2 aromatic rings. The van der Waals surface area contributed by atoms with Gasteiger partial charge in [0.05, 0.1) is 10.7 Å². The van der Waals surface area contributed by atoms with Crippen LogP contribution >= 0.6 is 11.6 Å². The minimum Gasteiger partial charge on any atom is -0.398 e. The maximum Gasteiger partial charge on any atom is 0.123 e. The van der Waals surface area contributed by atoms with Gasteiger partial charge in [-0.25, -0.2) is 4.39 Å². The summed E-state index contributed by atoms with van der Waals surface area (Å²) in [5, 5.41) is 3.88. The Labute approximate surface area is 117 Å². The van der Waals surface area contributed by atoms with E-state index in [4.69, 9.17) is 17.3 Å². The lowest BCUT2D eigenvalue weighted by molar-refractivity contribution is 0.626. The molecule has 0 aliphatic carbocycles. The quantitative estimate of drug-likeness (QED) is 0.809. The Balaban J connectivity index is 2.21. The smallest absolute Gasteiger partial charge is 0.123 e. The van der Waals surface area contributed by atoms with Crippen molar-refractivity contribution in [2.24, 2.45) is 0 Å². The first-order valence-electron chi connectivity index (χ1n) is 6.05. The molecule has 0 aromatic heterocycles. The molecule has 0 aliphatic heterocycles. The predicted octanol–water partition coefficient (Wildman–Crippen LogP) is 4.54. The molecule has 100 valence electrons. The van der Waals surface area contributed by atoms with E-state index in [9.17, 15) is 4.39 Å². The van der Waals surface area contributed by atoms with Gasteiger partial charge in [0.1, 0.15) is 5.82 Å². The number of nitrogens with two attached hydrogens (primary N) is 1. The average molecular weight is 279 g/mol. The Morgan fingerprint density at radius 3 is 2.47 bits per heavy atom. The molecule has 4 heteroatoms. The van der Waals surface area contributed by atoms with Gasteiger partial charge >= 0.3 is 0 Å². The Kier molecular flexibility index (Phi) is 3.96. The van der Waals surface area contributed by atoms with Crippen LogP contribution in [-0.4, -0.2) is 0 Å². The first-order chi connectivity index (χ1) is 8.97. The first kappa shape index (κ1) is 13.7. The first-order valence-corrected chi connectivity index (χ1v) is 6.43. The molecule has 0 radical (unpaired) electrons. The monoisotopic (exact) mass is 278 g/mol. The van der Waals surface area contributed by atoms with Crippen LogP contribution in [0.25, 0.3) is 0 Å². The van der Waals surface area contributed by atoms with Crippen LogP contribution in [0, 0.1) is 12.7 Å². The highest BCUT2D eigenvalue weighted by molar-refractivity contribution is 6.33. The molecule has 19 heavy (non-hydrogen) atoms. The molecule has 2 nitrogen and oxygen atoms in total. The molecule has 2 rings (SSSR count). The van der Waals surface area contributed by atoms with E-state index >= 15 is 0 Å². The molecule has 0 aliphatic rings. The van der Waals surface area contributed by atoms with Crippen molar-refractivity contribution in [2.45, 2.75) is 19.9 Å². The summed E-state index contributed by atoms with van der Waals surface area (Å²) in [5.74, 6) is -0.234. The van der Waals surface area contributed by atoms with Crippen LogP contribution in [0.3, 0.4) is 0 Å². The molecular weight excluding hydrogens is 263 g/mol. The fraction of sp³-hybridized carbons (Fsp3) is 0.200. The van der Waals surface area contributed by atoms with Crippen LogP contribution in [0.5, 0.6) is 0 Å². The number of rotatable bonds is 3. The van der Waals surface area contributed by atoms with Gasteiger partial charge in [-0.2, -0.15) is 0 Å². The summed E-state index contributed by atoms with van der Waals surface area (Å²) in [4.78, 5) is 0. The SMILES string of the molecule is Cc1cc(N)c(Cl)cc1NC(C)c1ccc(F)cc1. The van der Waals surface area contributed by atoms with E-state index in [1.807, 2.05) is 26.0 Å². The standard InChI is InChI=1S/C15H16ClFN2/c1-9-7-14(18)13(16)8-15(9)19-10(2)11-3-5-12(17)6-4-11/h3-8,10,19H,18H2,1-2H3. The van der Waals surface area contributed by atoms with Crippen LogP contribution < -0.4 is 11.1 Å². The summed E-state index contributed by atoms with van der Waals surface area (Å²) in [6, 6.07) is 10.1. The molecule has 0 saturated carbocycles. The van der Waals surface area contributed by atoms with Crippen LogP contribution in [0.15, 0.2) is 36.4 Å². The molecule has 0 fully saturated rings. The third-order valence-corrected chi connectivity index (χ3v) is 3.41. The normalized spacial score (nSPS) is 12.2. The van der Waals surface area contributed by atoms with Gasteiger partial charge in [-0.05, 0) is 49.2 Å². The molecule has 0 heterocycles. The van der Waals surface area contributed by atoms with E-state index in [-0.39, 0.29) is 11.9 Å². The lowest BCUT2D eigenvalue weighted by Crippen LogP contribution is -2.08. The van der Waals surface area contributed by atoms with Gasteiger partial charge in [0.25, 0.3) is 0 Å². The second-order valence-electron chi connectivity index (χ2n) is 4.61. The maximum atomic E-state index is 12.9. The van der Waals surface area contributed by atoms with Crippen molar-refractivity contribution in [3.05, 3.63) is 58.4 Å². The molecule has 1 atom stereocenters. The molecule has 1 unspecified atom stereocenters. The summed E-state index contributed by atoms with van der Waals surface area (Å²) >= 11 is 6.02. The van der Waals surface area contributed by atoms with E-state index < -0.39 is 0 Å². The topological polar surface area (TPSA) is 38.0 Å². The van der Waals surface area contributed by atoms with Crippen molar-refractivity contribution in [1.82, 2.24) is 0 Å². The highest BCUT2D eigenvalue weighted by atomic mass is 35.5. The van der Waals surface area contributed by atoms with Crippen molar-refractivity contribution >= 4 is 23.0 Å². The largest absolute Gasteiger partial charge is 0.398 e. The molecule has 0 bridgehead atoms. The number of hydrogen-bond acceptors (Lipinski definition) is 2. The molecular formula is C15H16ClFN2. The minimum absolute atomic E-state index is 0.0546. The Morgan fingerprint density at radius 1 is 1.21 bits per heavy atom. The summed E-state index contributed by atoms with van der Waals surface area (Å²) < 4.78 is 12.9. The zero-order valence-electron chi connectivity index (χ0n) is 10.9. The lowest BCUT2D eigenvalue weighted by Gasteiger charge is -2.18. The van der Waals surface area contributed by atoms with Crippen molar-refractivity contribution in [3.63, 3.8) is 0 Å². The Morgan fingerprint density at radius 2 is 1.84 bits per heavy atom. The average Bonchev–Trinajstić information content (AvgIpc) is 2.36. The number of anilines is 2. The number of hydrogen-bond donors (Lipinski definition) is 2. The minimum atomic E-state index is -0.234. The van der Waals surface area contributed by atoms with Gasteiger partial charge in [-0.3, -0.25) is 0 Å². The fourth-order valence-electron chi connectivity index (χ4n) is 1.93. The highest BCUT2D eigenvalue weighted by Crippen LogP contribution is 2.29. The molecule has 0 saturated heterocycles. The molecule has 3 N–H and O–H groups in total. The van der Waals surface area contributed by atoms with E-state index in [2.05, 4.69) is 5.32 Å². The van der Waals surface area contributed by atoms with Gasteiger partial charge in [0.15, 0.2) is 0 Å². The van der Waals surface area contributed by atoms with Gasteiger partial charge in [0.2, 0.25) is 0 Å². The highest BCUT2D eigenvalue weighted by Gasteiger charge is 2.09. The second kappa shape index (κ2) is 5.49. The van der Waals surface area contributed by atoms with Crippen molar-refractivity contribution in [2.75, 3.05) is 11.1 Å².